The average Bonchev–Trinajstić information content (AvgIpc) is 2.02. The smallest absolute Gasteiger partial charge is 0.399 e. The topological polar surface area (TPSA) is 26.0 Å². The normalized spacial score (nSPS) is 11.4. The van der Waals surface area contributed by atoms with E-state index in [1.54, 1.807) is 0 Å². The van der Waals surface area contributed by atoms with Gasteiger partial charge in [0.1, 0.15) is 0 Å². The van der Waals surface area contributed by atoms with Gasteiger partial charge >= 0.3 is 6.18 Å². The minimum Gasteiger partial charge on any atom is -0.399 e. The molecule has 1 rings (SSSR count). The quantitative estimate of drug-likeness (QED) is 0.774. The molecule has 0 aliphatic heterocycles. The Balaban J connectivity index is 3.27. The van der Waals surface area contributed by atoms with Gasteiger partial charge in [-0.2, -0.15) is 13.2 Å². The molecule has 0 amide bonds. The van der Waals surface area contributed by atoms with Crippen molar-refractivity contribution in [3.63, 3.8) is 0 Å². The first-order valence-electron chi connectivity index (χ1n) is 3.64. The highest BCUT2D eigenvalue weighted by atomic mass is 35.5. The van der Waals surface area contributed by atoms with Gasteiger partial charge in [0.2, 0.25) is 0 Å². The second-order valence-corrected chi connectivity index (χ2v) is 3.12. The molecule has 0 saturated carbocycles. The van der Waals surface area contributed by atoms with Crippen molar-refractivity contribution in [2.75, 3.05) is 0 Å². The molecule has 0 aliphatic rings. The largest absolute Gasteiger partial charge is 0.416 e. The Morgan fingerprint density at radius 1 is 1.36 bits per heavy atom. The van der Waals surface area contributed by atoms with Crippen molar-refractivity contribution in [3.05, 3.63) is 40.9 Å². The Kier molecular flexibility index (Phi) is 2.76. The predicted molar refractivity (Wildman–Crippen MR) is 49.7 cm³/mol. The summed E-state index contributed by atoms with van der Waals surface area (Å²) in [5, 5.41) is 0.158. The molecule has 2 N–H and O–H groups in total. The molecular formula is C9H7ClF3N. The lowest BCUT2D eigenvalue weighted by Crippen LogP contribution is -2.06. The van der Waals surface area contributed by atoms with Crippen LogP contribution in [0, 0.1) is 0 Å². The number of nitrogens with two attached hydrogens (primary N) is 1. The van der Waals surface area contributed by atoms with E-state index in [0.717, 1.165) is 18.2 Å². The van der Waals surface area contributed by atoms with Crippen LogP contribution in [0.1, 0.15) is 11.1 Å². The molecule has 0 heterocycles. The summed E-state index contributed by atoms with van der Waals surface area (Å²) in [5.74, 6) is 0. The van der Waals surface area contributed by atoms with Crippen LogP contribution >= 0.6 is 11.6 Å². The zero-order valence-electron chi connectivity index (χ0n) is 7.03. The fourth-order valence-electron chi connectivity index (χ4n) is 0.948. The van der Waals surface area contributed by atoms with E-state index in [-0.39, 0.29) is 16.3 Å². The molecule has 1 nitrogen and oxygen atoms in total. The molecule has 0 spiro atoms. The van der Waals surface area contributed by atoms with E-state index < -0.39 is 11.7 Å². The van der Waals surface area contributed by atoms with Crippen LogP contribution < -0.4 is 5.73 Å². The van der Waals surface area contributed by atoms with Crippen LogP contribution in [-0.4, -0.2) is 0 Å². The number of hydrogen-bond acceptors (Lipinski definition) is 1. The summed E-state index contributed by atoms with van der Waals surface area (Å²) in [5.41, 5.74) is 4.62. The lowest BCUT2D eigenvalue weighted by Gasteiger charge is -2.09. The first-order valence-corrected chi connectivity index (χ1v) is 4.01. The fraction of sp³-hybridized carbons (Fsp3) is 0.111. The summed E-state index contributed by atoms with van der Waals surface area (Å²) >= 11 is 5.63. The van der Waals surface area contributed by atoms with Gasteiger partial charge in [-0.1, -0.05) is 18.2 Å². The van der Waals surface area contributed by atoms with E-state index >= 15 is 0 Å². The highest BCUT2D eigenvalue weighted by Gasteiger charge is 2.30. The molecule has 0 bridgehead atoms. The Morgan fingerprint density at radius 2 is 1.93 bits per heavy atom. The van der Waals surface area contributed by atoms with E-state index in [2.05, 4.69) is 6.58 Å². The lowest BCUT2D eigenvalue weighted by molar-refractivity contribution is -0.137. The maximum atomic E-state index is 12.2. The van der Waals surface area contributed by atoms with Crippen molar-refractivity contribution in [1.29, 1.82) is 0 Å². The van der Waals surface area contributed by atoms with Crippen LogP contribution in [0.4, 0.5) is 13.2 Å². The highest BCUT2D eigenvalue weighted by Crippen LogP contribution is 2.32. The summed E-state index contributed by atoms with van der Waals surface area (Å²) in [7, 11) is 0. The van der Waals surface area contributed by atoms with Gasteiger partial charge < -0.3 is 5.73 Å². The SMILES string of the molecule is C=C(N)c1cc(C(F)(F)F)ccc1Cl. The van der Waals surface area contributed by atoms with Crippen molar-refractivity contribution in [3.8, 4) is 0 Å². The van der Waals surface area contributed by atoms with Crippen LogP contribution in [0.5, 0.6) is 0 Å². The van der Waals surface area contributed by atoms with Gasteiger partial charge in [-0.15, -0.1) is 0 Å². The molecule has 0 aromatic heterocycles. The maximum Gasteiger partial charge on any atom is 0.416 e. The second kappa shape index (κ2) is 3.53. The van der Waals surface area contributed by atoms with E-state index in [9.17, 15) is 13.2 Å². The number of halogens is 4. The molecule has 0 saturated heterocycles. The van der Waals surface area contributed by atoms with E-state index in [1.807, 2.05) is 0 Å². The minimum absolute atomic E-state index is 0.0149. The number of rotatable bonds is 1. The predicted octanol–water partition coefficient (Wildman–Crippen LogP) is 3.29. The average molecular weight is 222 g/mol. The molecule has 0 radical (unpaired) electrons. The lowest BCUT2D eigenvalue weighted by atomic mass is 10.1. The number of hydrogen-bond donors (Lipinski definition) is 1. The van der Waals surface area contributed by atoms with Crippen molar-refractivity contribution in [2.24, 2.45) is 5.73 Å². The van der Waals surface area contributed by atoms with Crippen LogP contribution in [0.15, 0.2) is 24.8 Å². The van der Waals surface area contributed by atoms with Gasteiger partial charge in [0, 0.05) is 16.3 Å². The van der Waals surface area contributed by atoms with Gasteiger partial charge in [0.15, 0.2) is 0 Å². The highest BCUT2D eigenvalue weighted by molar-refractivity contribution is 6.32. The standard InChI is InChI=1S/C9H7ClF3N/c1-5(14)7-4-6(9(11,12)13)2-3-8(7)10/h2-4H,1,14H2. The zero-order chi connectivity index (χ0) is 10.9. The van der Waals surface area contributed by atoms with Crippen molar-refractivity contribution < 1.29 is 13.2 Å². The third-order valence-corrected chi connectivity index (χ3v) is 1.97. The van der Waals surface area contributed by atoms with E-state index in [4.69, 9.17) is 17.3 Å². The summed E-state index contributed by atoms with van der Waals surface area (Å²) in [6.45, 7) is 3.34. The van der Waals surface area contributed by atoms with Gasteiger partial charge in [-0.25, -0.2) is 0 Å². The molecular weight excluding hydrogens is 215 g/mol. The van der Waals surface area contributed by atoms with Crippen molar-refractivity contribution in [1.82, 2.24) is 0 Å². The van der Waals surface area contributed by atoms with Gasteiger partial charge in [-0.05, 0) is 18.2 Å². The van der Waals surface area contributed by atoms with E-state index in [1.165, 1.54) is 0 Å². The fourth-order valence-corrected chi connectivity index (χ4v) is 1.19. The Bertz CT molecular complexity index is 371. The Hall–Kier alpha value is -1.16. The van der Waals surface area contributed by atoms with Gasteiger partial charge in [0.25, 0.3) is 0 Å². The third-order valence-electron chi connectivity index (χ3n) is 1.64. The van der Waals surface area contributed by atoms with Crippen molar-refractivity contribution in [2.45, 2.75) is 6.18 Å². The number of alkyl halides is 3. The maximum absolute atomic E-state index is 12.2. The summed E-state index contributed by atoms with van der Waals surface area (Å²) < 4.78 is 36.7. The molecule has 0 aliphatic carbocycles. The van der Waals surface area contributed by atoms with Gasteiger partial charge in [0.05, 0.1) is 5.56 Å². The van der Waals surface area contributed by atoms with Crippen LogP contribution in [0.3, 0.4) is 0 Å². The monoisotopic (exact) mass is 221 g/mol. The number of benzene rings is 1. The third kappa shape index (κ3) is 2.20. The van der Waals surface area contributed by atoms with Gasteiger partial charge in [-0.3, -0.25) is 0 Å². The molecule has 5 heteroatoms. The second-order valence-electron chi connectivity index (χ2n) is 2.72. The van der Waals surface area contributed by atoms with E-state index in [0.29, 0.717) is 0 Å². The molecule has 0 fully saturated rings. The molecule has 14 heavy (non-hydrogen) atoms. The van der Waals surface area contributed by atoms with Crippen molar-refractivity contribution >= 4 is 17.3 Å². The summed E-state index contributed by atoms with van der Waals surface area (Å²) in [6.07, 6.45) is -4.39. The molecule has 0 atom stereocenters. The minimum atomic E-state index is -4.39. The molecule has 1 aromatic carbocycles. The molecule has 0 unspecified atom stereocenters. The Labute approximate surface area is 84.0 Å². The molecule has 1 aromatic rings. The molecule has 76 valence electrons. The Morgan fingerprint density at radius 3 is 2.36 bits per heavy atom. The first-order chi connectivity index (χ1) is 6.32. The van der Waals surface area contributed by atoms with Crippen LogP contribution in [-0.2, 0) is 6.18 Å². The first kappa shape index (κ1) is 10.9. The van der Waals surface area contributed by atoms with Crippen LogP contribution in [0.25, 0.3) is 5.70 Å². The summed E-state index contributed by atoms with van der Waals surface area (Å²) in [6, 6.07) is 2.93. The van der Waals surface area contributed by atoms with Crippen LogP contribution in [0.2, 0.25) is 5.02 Å². The summed E-state index contributed by atoms with van der Waals surface area (Å²) in [4.78, 5) is 0. The zero-order valence-corrected chi connectivity index (χ0v) is 7.78.